The van der Waals surface area contributed by atoms with Crippen LogP contribution in [0, 0.1) is 0 Å². The largest absolute Gasteiger partial charge is 0.269 e. The fourth-order valence-corrected chi connectivity index (χ4v) is 1.81. The summed E-state index contributed by atoms with van der Waals surface area (Å²) >= 11 is 6.20. The van der Waals surface area contributed by atoms with E-state index in [9.17, 15) is 0 Å². The summed E-state index contributed by atoms with van der Waals surface area (Å²) in [5, 5.41) is 9.10. The highest BCUT2D eigenvalue weighted by Gasteiger charge is 2.13. The third-order valence-corrected chi connectivity index (χ3v) is 2.72. The van der Waals surface area contributed by atoms with Crippen LogP contribution in [-0.4, -0.2) is 24.5 Å². The molecular weight excluding hydrogens is 214 g/mol. The maximum Gasteiger partial charge on any atom is 0.137 e. The first-order valence-corrected chi connectivity index (χ1v) is 5.12. The van der Waals surface area contributed by atoms with Gasteiger partial charge in [0, 0.05) is 7.05 Å². The van der Waals surface area contributed by atoms with Gasteiger partial charge in [-0.3, -0.25) is 4.68 Å². The molecular formula is C9H12ClN5. The number of aryl methyl sites for hydroxylation is 2. The molecule has 0 spiro atoms. The normalized spacial score (nSPS) is 10.9. The quantitative estimate of drug-likeness (QED) is 0.791. The first-order chi connectivity index (χ1) is 7.22. The molecule has 0 aromatic carbocycles. The van der Waals surface area contributed by atoms with E-state index in [2.05, 4.69) is 15.2 Å². The number of rotatable bonds is 3. The second-order valence-electron chi connectivity index (χ2n) is 3.28. The Labute approximate surface area is 92.7 Å². The summed E-state index contributed by atoms with van der Waals surface area (Å²) in [5.41, 5.74) is 1.88. The molecule has 80 valence electrons. The highest BCUT2D eigenvalue weighted by molar-refractivity contribution is 6.31. The van der Waals surface area contributed by atoms with Crippen LogP contribution in [0.5, 0.6) is 0 Å². The zero-order chi connectivity index (χ0) is 10.8. The lowest BCUT2D eigenvalue weighted by Crippen LogP contribution is -2.06. The Morgan fingerprint density at radius 1 is 1.47 bits per heavy atom. The fourth-order valence-electron chi connectivity index (χ4n) is 1.46. The lowest BCUT2D eigenvalue weighted by atomic mass is 10.3. The van der Waals surface area contributed by atoms with E-state index in [4.69, 9.17) is 11.6 Å². The van der Waals surface area contributed by atoms with Crippen molar-refractivity contribution in [1.29, 1.82) is 0 Å². The van der Waals surface area contributed by atoms with Crippen LogP contribution in [0.2, 0.25) is 5.02 Å². The Kier molecular flexibility index (Phi) is 2.73. The third-order valence-electron chi connectivity index (χ3n) is 2.28. The first kappa shape index (κ1) is 10.2. The third kappa shape index (κ3) is 1.87. The van der Waals surface area contributed by atoms with Gasteiger partial charge in [0.2, 0.25) is 0 Å². The SMILES string of the molecule is CCc1nn(C)c(Cn2cncn2)c1Cl. The molecule has 0 aliphatic rings. The maximum atomic E-state index is 6.20. The highest BCUT2D eigenvalue weighted by atomic mass is 35.5. The summed E-state index contributed by atoms with van der Waals surface area (Å²) in [5.74, 6) is 0. The second kappa shape index (κ2) is 4.02. The zero-order valence-corrected chi connectivity index (χ0v) is 9.44. The van der Waals surface area contributed by atoms with Gasteiger partial charge in [0.1, 0.15) is 12.7 Å². The summed E-state index contributed by atoms with van der Waals surface area (Å²) in [6, 6.07) is 0. The summed E-state index contributed by atoms with van der Waals surface area (Å²) in [6.07, 6.45) is 4.00. The van der Waals surface area contributed by atoms with Crippen molar-refractivity contribution >= 4 is 11.6 Å². The Balaban J connectivity index is 2.32. The summed E-state index contributed by atoms with van der Waals surface area (Å²) in [7, 11) is 1.89. The predicted molar refractivity (Wildman–Crippen MR) is 56.7 cm³/mol. The van der Waals surface area contributed by atoms with Gasteiger partial charge < -0.3 is 0 Å². The van der Waals surface area contributed by atoms with Crippen LogP contribution in [0.3, 0.4) is 0 Å². The molecule has 0 bridgehead atoms. The van der Waals surface area contributed by atoms with Gasteiger partial charge in [-0.15, -0.1) is 0 Å². The predicted octanol–water partition coefficient (Wildman–Crippen LogP) is 1.28. The van der Waals surface area contributed by atoms with Crippen molar-refractivity contribution < 1.29 is 0 Å². The molecule has 0 N–H and O–H groups in total. The number of aromatic nitrogens is 5. The number of halogens is 1. The van der Waals surface area contributed by atoms with Crippen molar-refractivity contribution in [2.24, 2.45) is 7.05 Å². The van der Waals surface area contributed by atoms with E-state index in [1.807, 2.05) is 14.0 Å². The molecule has 2 rings (SSSR count). The molecule has 0 saturated heterocycles. The van der Waals surface area contributed by atoms with Gasteiger partial charge in [0.15, 0.2) is 0 Å². The lowest BCUT2D eigenvalue weighted by molar-refractivity contribution is 0.616. The molecule has 0 atom stereocenters. The summed E-state index contributed by atoms with van der Waals surface area (Å²) in [6.45, 7) is 2.63. The monoisotopic (exact) mass is 225 g/mol. The minimum absolute atomic E-state index is 0.600. The van der Waals surface area contributed by atoms with Gasteiger partial charge in [-0.25, -0.2) is 9.67 Å². The van der Waals surface area contributed by atoms with Crippen LogP contribution in [-0.2, 0) is 20.0 Å². The number of hydrogen-bond acceptors (Lipinski definition) is 3. The van der Waals surface area contributed by atoms with Crippen molar-refractivity contribution in [3.05, 3.63) is 29.1 Å². The van der Waals surface area contributed by atoms with Crippen LogP contribution in [0.25, 0.3) is 0 Å². The Bertz CT molecular complexity index is 445. The molecule has 0 amide bonds. The van der Waals surface area contributed by atoms with Gasteiger partial charge in [-0.2, -0.15) is 10.2 Å². The van der Waals surface area contributed by atoms with E-state index < -0.39 is 0 Å². The fraction of sp³-hybridized carbons (Fsp3) is 0.444. The Morgan fingerprint density at radius 3 is 2.80 bits per heavy atom. The molecule has 6 heteroatoms. The smallest absolute Gasteiger partial charge is 0.137 e. The van der Waals surface area contributed by atoms with Crippen molar-refractivity contribution in [3.8, 4) is 0 Å². The molecule has 0 aliphatic carbocycles. The minimum atomic E-state index is 0.600. The van der Waals surface area contributed by atoms with Crippen LogP contribution in [0.1, 0.15) is 18.3 Å². The van der Waals surface area contributed by atoms with Gasteiger partial charge >= 0.3 is 0 Å². The highest BCUT2D eigenvalue weighted by Crippen LogP contribution is 2.21. The van der Waals surface area contributed by atoms with E-state index >= 15 is 0 Å². The first-order valence-electron chi connectivity index (χ1n) is 4.75. The molecule has 2 heterocycles. The topological polar surface area (TPSA) is 48.5 Å². The number of hydrogen-bond donors (Lipinski definition) is 0. The molecule has 2 aromatic rings. The van der Waals surface area contributed by atoms with Gasteiger partial charge in [0.05, 0.1) is 23.0 Å². The second-order valence-corrected chi connectivity index (χ2v) is 3.66. The Hall–Kier alpha value is -1.36. The maximum absolute atomic E-state index is 6.20. The van der Waals surface area contributed by atoms with E-state index in [1.165, 1.54) is 6.33 Å². The molecule has 5 nitrogen and oxygen atoms in total. The summed E-state index contributed by atoms with van der Waals surface area (Å²) < 4.78 is 3.52. The molecule has 0 unspecified atom stereocenters. The molecule has 0 radical (unpaired) electrons. The lowest BCUT2D eigenvalue weighted by Gasteiger charge is -2.01. The standard InChI is InChI=1S/C9H12ClN5/c1-3-7-9(10)8(14(2)13-7)4-15-6-11-5-12-15/h5-6H,3-4H2,1-2H3. The molecule has 0 aliphatic heterocycles. The zero-order valence-electron chi connectivity index (χ0n) is 8.68. The molecule has 0 saturated carbocycles. The van der Waals surface area contributed by atoms with Gasteiger partial charge in [0.25, 0.3) is 0 Å². The molecule has 2 aromatic heterocycles. The number of nitrogens with zero attached hydrogens (tertiary/aromatic N) is 5. The van der Waals surface area contributed by atoms with Crippen LogP contribution >= 0.6 is 11.6 Å². The van der Waals surface area contributed by atoms with Gasteiger partial charge in [-0.1, -0.05) is 18.5 Å². The van der Waals surface area contributed by atoms with Gasteiger partial charge in [-0.05, 0) is 6.42 Å². The van der Waals surface area contributed by atoms with Crippen molar-refractivity contribution in [2.45, 2.75) is 19.9 Å². The molecule has 15 heavy (non-hydrogen) atoms. The van der Waals surface area contributed by atoms with Crippen LogP contribution < -0.4 is 0 Å². The average Bonchev–Trinajstić information content (AvgIpc) is 2.81. The van der Waals surface area contributed by atoms with Crippen molar-refractivity contribution in [2.75, 3.05) is 0 Å². The summed E-state index contributed by atoms with van der Waals surface area (Å²) in [4.78, 5) is 3.88. The van der Waals surface area contributed by atoms with Crippen molar-refractivity contribution in [1.82, 2.24) is 24.5 Å². The van der Waals surface area contributed by atoms with E-state index in [0.29, 0.717) is 6.54 Å². The van der Waals surface area contributed by atoms with Crippen LogP contribution in [0.4, 0.5) is 0 Å². The van der Waals surface area contributed by atoms with E-state index in [0.717, 1.165) is 22.8 Å². The molecule has 0 fully saturated rings. The van der Waals surface area contributed by atoms with E-state index in [1.54, 1.807) is 15.7 Å². The van der Waals surface area contributed by atoms with E-state index in [-0.39, 0.29) is 0 Å². The average molecular weight is 226 g/mol. The van der Waals surface area contributed by atoms with Crippen LogP contribution in [0.15, 0.2) is 12.7 Å². The minimum Gasteiger partial charge on any atom is -0.269 e. The van der Waals surface area contributed by atoms with Crippen molar-refractivity contribution in [3.63, 3.8) is 0 Å². The Morgan fingerprint density at radius 2 is 2.27 bits per heavy atom.